The fourth-order valence-electron chi connectivity index (χ4n) is 6.23. The minimum absolute atomic E-state index is 0.0871. The molecule has 1 heterocycles. The van der Waals surface area contributed by atoms with E-state index in [1.54, 1.807) is 26.0 Å². The summed E-state index contributed by atoms with van der Waals surface area (Å²) in [7, 11) is 0. The van der Waals surface area contributed by atoms with Crippen molar-refractivity contribution >= 4 is 17.4 Å². The highest BCUT2D eigenvalue weighted by atomic mass is 16.5. The summed E-state index contributed by atoms with van der Waals surface area (Å²) in [5, 5.41) is 14.4. The predicted molar refractivity (Wildman–Crippen MR) is 201 cm³/mol. The first-order valence-electron chi connectivity index (χ1n) is 19.2. The molecule has 10 nitrogen and oxygen atoms in total. The minimum Gasteiger partial charge on any atom is -0.494 e. The van der Waals surface area contributed by atoms with Crippen molar-refractivity contribution in [2.45, 2.75) is 130 Å². The van der Waals surface area contributed by atoms with Crippen LogP contribution in [-0.2, 0) is 16.1 Å². The number of nitrogens with zero attached hydrogens (tertiary/aromatic N) is 2. The van der Waals surface area contributed by atoms with Gasteiger partial charge < -0.3 is 24.6 Å². The molecule has 2 aromatic carbocycles. The molecule has 1 fully saturated rings. The SMILES string of the molecule is CCCCCCCCOc1ccc(OCCCCCCCC)c(NC(=O)C(C(=O)C2(C)CC2)n2c(O)c(OCC)n(Cc3ccccc3)c2=O)c1. The first-order valence-corrected chi connectivity index (χ1v) is 19.2. The van der Waals surface area contributed by atoms with Crippen molar-refractivity contribution in [2.75, 3.05) is 25.1 Å². The van der Waals surface area contributed by atoms with Crippen LogP contribution in [0.3, 0.4) is 0 Å². The number of Topliss-reactive ketones (excluding diaryl/α,β-unsaturated/α-hetero) is 1. The minimum atomic E-state index is -1.64. The van der Waals surface area contributed by atoms with Crippen molar-refractivity contribution in [1.82, 2.24) is 9.13 Å². The number of carbonyl (C=O) groups is 2. The van der Waals surface area contributed by atoms with Gasteiger partial charge in [-0.3, -0.25) is 14.2 Å². The summed E-state index contributed by atoms with van der Waals surface area (Å²) in [5.74, 6) is -0.835. The van der Waals surface area contributed by atoms with Gasteiger partial charge in [0.15, 0.2) is 11.8 Å². The molecule has 280 valence electrons. The molecule has 1 aromatic heterocycles. The fourth-order valence-corrected chi connectivity index (χ4v) is 6.23. The van der Waals surface area contributed by atoms with Crippen molar-refractivity contribution in [2.24, 2.45) is 5.41 Å². The largest absolute Gasteiger partial charge is 0.494 e. The van der Waals surface area contributed by atoms with E-state index in [4.69, 9.17) is 14.2 Å². The van der Waals surface area contributed by atoms with Crippen LogP contribution in [-0.4, -0.2) is 45.8 Å². The Morgan fingerprint density at radius 3 is 2.04 bits per heavy atom. The number of rotatable bonds is 25. The topological polar surface area (TPSA) is 121 Å². The summed E-state index contributed by atoms with van der Waals surface area (Å²) in [4.78, 5) is 42.5. The van der Waals surface area contributed by atoms with Crippen LogP contribution in [0.2, 0.25) is 0 Å². The lowest BCUT2D eigenvalue weighted by Crippen LogP contribution is -2.41. The number of imidazole rings is 1. The maximum Gasteiger partial charge on any atom is 0.335 e. The maximum atomic E-state index is 14.3. The van der Waals surface area contributed by atoms with Crippen molar-refractivity contribution in [3.05, 3.63) is 64.6 Å². The highest BCUT2D eigenvalue weighted by Gasteiger charge is 2.51. The average molecular weight is 706 g/mol. The Balaban J connectivity index is 1.62. The average Bonchev–Trinajstić information content (AvgIpc) is 3.85. The van der Waals surface area contributed by atoms with E-state index in [2.05, 4.69) is 19.2 Å². The molecule has 1 aliphatic rings. The van der Waals surface area contributed by atoms with Gasteiger partial charge in [-0.1, -0.05) is 115 Å². The molecular weight excluding hydrogens is 646 g/mol. The second-order valence-corrected chi connectivity index (χ2v) is 14.0. The van der Waals surface area contributed by atoms with E-state index in [9.17, 15) is 19.5 Å². The summed E-state index contributed by atoms with van der Waals surface area (Å²) in [6, 6.07) is 12.9. The number of ketones is 1. The zero-order valence-corrected chi connectivity index (χ0v) is 31.2. The first-order chi connectivity index (χ1) is 24.7. The van der Waals surface area contributed by atoms with Gasteiger partial charge in [-0.15, -0.1) is 0 Å². The van der Waals surface area contributed by atoms with Crippen LogP contribution >= 0.6 is 0 Å². The highest BCUT2D eigenvalue weighted by molar-refractivity contribution is 6.12. The van der Waals surface area contributed by atoms with Gasteiger partial charge in [-0.2, -0.15) is 0 Å². The smallest absolute Gasteiger partial charge is 0.335 e. The number of hydrogen-bond donors (Lipinski definition) is 2. The van der Waals surface area contributed by atoms with Crippen LogP contribution < -0.4 is 25.2 Å². The van der Waals surface area contributed by atoms with Gasteiger partial charge in [0.05, 0.1) is 32.1 Å². The van der Waals surface area contributed by atoms with Crippen LogP contribution in [0.4, 0.5) is 5.69 Å². The van der Waals surface area contributed by atoms with Crippen LogP contribution in [0.25, 0.3) is 0 Å². The highest BCUT2D eigenvalue weighted by Crippen LogP contribution is 2.49. The fraction of sp³-hybridized carbons (Fsp3) is 0.585. The van der Waals surface area contributed by atoms with Crippen molar-refractivity contribution in [3.8, 4) is 23.3 Å². The van der Waals surface area contributed by atoms with Gasteiger partial charge in [0.25, 0.3) is 17.7 Å². The third-order valence-electron chi connectivity index (χ3n) is 9.65. The van der Waals surface area contributed by atoms with E-state index in [1.807, 2.05) is 36.4 Å². The molecule has 0 bridgehead atoms. The Labute approximate surface area is 303 Å². The van der Waals surface area contributed by atoms with Gasteiger partial charge in [0.1, 0.15) is 11.5 Å². The number of amides is 1. The molecule has 1 unspecified atom stereocenters. The van der Waals surface area contributed by atoms with Crippen molar-refractivity contribution < 1.29 is 28.9 Å². The van der Waals surface area contributed by atoms with Crippen LogP contribution in [0, 0.1) is 5.41 Å². The number of ether oxygens (including phenoxy) is 3. The number of aromatic hydroxyl groups is 1. The molecule has 2 N–H and O–H groups in total. The number of benzene rings is 2. The number of anilines is 1. The molecule has 0 aliphatic heterocycles. The molecule has 1 amide bonds. The van der Waals surface area contributed by atoms with Crippen molar-refractivity contribution in [1.29, 1.82) is 0 Å². The molecule has 10 heteroatoms. The molecule has 3 aromatic rings. The number of carbonyl (C=O) groups excluding carboxylic acids is 2. The van der Waals surface area contributed by atoms with Gasteiger partial charge in [0, 0.05) is 11.5 Å². The van der Waals surface area contributed by atoms with Gasteiger partial charge in [-0.05, 0) is 50.3 Å². The van der Waals surface area contributed by atoms with E-state index >= 15 is 0 Å². The van der Waals surface area contributed by atoms with Crippen LogP contribution in [0.15, 0.2) is 53.3 Å². The molecule has 0 saturated heterocycles. The molecule has 0 radical (unpaired) electrons. The zero-order chi connectivity index (χ0) is 36.6. The lowest BCUT2D eigenvalue weighted by atomic mass is 9.96. The molecular formula is C41H59N3O7. The molecule has 1 atom stereocenters. The second-order valence-electron chi connectivity index (χ2n) is 14.0. The number of aromatic nitrogens is 2. The van der Waals surface area contributed by atoms with Gasteiger partial charge >= 0.3 is 5.69 Å². The van der Waals surface area contributed by atoms with E-state index in [1.165, 1.54) is 49.5 Å². The predicted octanol–water partition coefficient (Wildman–Crippen LogP) is 8.83. The van der Waals surface area contributed by atoms with E-state index < -0.39 is 34.7 Å². The lowest BCUT2D eigenvalue weighted by Gasteiger charge is -2.21. The first kappa shape index (κ1) is 39.6. The molecule has 0 spiro atoms. The Morgan fingerprint density at radius 2 is 1.43 bits per heavy atom. The summed E-state index contributed by atoms with van der Waals surface area (Å²) < 4.78 is 20.1. The summed E-state index contributed by atoms with van der Waals surface area (Å²) in [5.41, 5.74) is -0.371. The van der Waals surface area contributed by atoms with Gasteiger partial charge in [-0.25, -0.2) is 9.36 Å². The monoisotopic (exact) mass is 705 g/mol. The number of unbranched alkanes of at least 4 members (excludes halogenated alkanes) is 10. The Bertz CT molecular complexity index is 1590. The summed E-state index contributed by atoms with van der Waals surface area (Å²) >= 11 is 0. The number of nitrogens with one attached hydrogen (secondary N) is 1. The normalized spacial score (nSPS) is 13.8. The summed E-state index contributed by atoms with van der Waals surface area (Å²) in [6.07, 6.45) is 14.6. The van der Waals surface area contributed by atoms with Crippen LogP contribution in [0.5, 0.6) is 23.3 Å². The summed E-state index contributed by atoms with van der Waals surface area (Å²) in [6.45, 7) is 9.17. The Hall–Kier alpha value is -4.21. The molecule has 4 rings (SSSR count). The van der Waals surface area contributed by atoms with Crippen molar-refractivity contribution in [3.63, 3.8) is 0 Å². The van der Waals surface area contributed by atoms with E-state index in [-0.39, 0.29) is 19.0 Å². The Morgan fingerprint density at radius 1 is 0.824 bits per heavy atom. The van der Waals surface area contributed by atoms with E-state index in [0.717, 1.165) is 42.2 Å². The standard InChI is InChI=1S/C41H59N3O7/c1-5-8-10-12-14-19-27-50-32-23-24-34(51-28-20-15-13-11-9-6-2)33(29-32)42-37(46)35(36(45)41(4)25-26-41)44-38(47)39(49-7-3)43(40(44)48)30-31-21-17-16-18-22-31/h16-18,21-24,29,35,47H,5-15,19-20,25-28,30H2,1-4H3,(H,42,46). The molecule has 51 heavy (non-hydrogen) atoms. The van der Waals surface area contributed by atoms with Gasteiger partial charge in [0.2, 0.25) is 0 Å². The second kappa shape index (κ2) is 20.0. The third-order valence-corrected chi connectivity index (χ3v) is 9.65. The van der Waals surface area contributed by atoms with Crippen LogP contribution in [0.1, 0.15) is 129 Å². The van der Waals surface area contributed by atoms with E-state index in [0.29, 0.717) is 43.2 Å². The third kappa shape index (κ3) is 11.1. The number of hydrogen-bond acceptors (Lipinski definition) is 7. The lowest BCUT2D eigenvalue weighted by molar-refractivity contribution is -0.133. The Kier molecular flexibility index (Phi) is 15.5. The quantitative estimate of drug-likeness (QED) is 0.0668. The molecule has 1 saturated carbocycles. The zero-order valence-electron chi connectivity index (χ0n) is 31.2. The maximum absolute atomic E-state index is 14.3. The molecule has 1 aliphatic carbocycles.